The molecule has 1 unspecified atom stereocenters. The fourth-order valence-electron chi connectivity index (χ4n) is 0. The third-order valence-corrected chi connectivity index (χ3v) is 4.22. The third-order valence-electron chi connectivity index (χ3n) is 0.591. The lowest BCUT2D eigenvalue weighted by Gasteiger charge is -1.90. The molecule has 0 rings (SSSR count). The van der Waals surface area contributed by atoms with Crippen molar-refractivity contribution in [1.82, 2.24) is 0 Å². The Bertz CT molecular complexity index is 21.6. The lowest BCUT2D eigenvalue weighted by atomic mass is 10.9. The summed E-state index contributed by atoms with van der Waals surface area (Å²) in [7, 11) is 2.12. The first-order valence-electron chi connectivity index (χ1n) is 1.95. The summed E-state index contributed by atoms with van der Waals surface area (Å²) in [6.45, 7) is 0. The minimum Gasteiger partial charge on any atom is -0.398 e. The van der Waals surface area contributed by atoms with Crippen LogP contribution in [0.5, 0.6) is 0 Å². The standard InChI is InChI=1S/C2H10OSi2/c3-2(5)1-4/h2-3H,1H2,4-5H3. The molecule has 0 aromatic carbocycles. The molecule has 5 heavy (non-hydrogen) atoms. The number of hydrogen-bond acceptors (Lipinski definition) is 1. The Labute approximate surface area is 38.2 Å². The van der Waals surface area contributed by atoms with Crippen LogP contribution in [-0.4, -0.2) is 31.3 Å². The summed E-state index contributed by atoms with van der Waals surface area (Å²) >= 11 is 0. The molecule has 0 aliphatic rings. The molecule has 0 spiro atoms. The van der Waals surface area contributed by atoms with Gasteiger partial charge in [0.2, 0.25) is 0 Å². The van der Waals surface area contributed by atoms with E-state index in [2.05, 4.69) is 0 Å². The average Bonchev–Trinajstić information content (AvgIpc) is 1.38. The molecule has 0 fully saturated rings. The van der Waals surface area contributed by atoms with Gasteiger partial charge in [0.15, 0.2) is 0 Å². The van der Waals surface area contributed by atoms with E-state index >= 15 is 0 Å². The maximum absolute atomic E-state index is 8.46. The first-order chi connectivity index (χ1) is 2.27. The van der Waals surface area contributed by atoms with E-state index in [1.165, 1.54) is 0 Å². The Morgan fingerprint density at radius 2 is 2.00 bits per heavy atom. The summed E-state index contributed by atoms with van der Waals surface area (Å²) in [5, 5.41) is 8.46. The largest absolute Gasteiger partial charge is 0.398 e. The molecule has 3 heteroatoms. The molecule has 0 aromatic rings. The Morgan fingerprint density at radius 1 is 1.80 bits per heavy atom. The van der Waals surface area contributed by atoms with Crippen molar-refractivity contribution >= 4 is 20.5 Å². The van der Waals surface area contributed by atoms with E-state index in [9.17, 15) is 0 Å². The second kappa shape index (κ2) is 2.62. The van der Waals surface area contributed by atoms with E-state index < -0.39 is 0 Å². The van der Waals surface area contributed by atoms with Gasteiger partial charge in [0.25, 0.3) is 0 Å². The summed E-state index contributed by atoms with van der Waals surface area (Å²) in [5.41, 5.74) is 0.0849. The third kappa shape index (κ3) is 4.39. The molecule has 0 heterocycles. The quantitative estimate of drug-likeness (QED) is 0.365. The van der Waals surface area contributed by atoms with Gasteiger partial charge in [0, 0.05) is 26.2 Å². The molecular formula is C2H10OSi2. The van der Waals surface area contributed by atoms with Crippen molar-refractivity contribution in [2.75, 3.05) is 0 Å². The molecule has 0 aromatic heterocycles. The fourth-order valence-corrected chi connectivity index (χ4v) is 0. The molecule has 0 aliphatic heterocycles. The van der Waals surface area contributed by atoms with Crippen LogP contribution in [0, 0.1) is 0 Å². The van der Waals surface area contributed by atoms with E-state index in [1.807, 2.05) is 0 Å². The van der Waals surface area contributed by atoms with Crippen molar-refractivity contribution in [3.05, 3.63) is 0 Å². The van der Waals surface area contributed by atoms with Crippen LogP contribution in [0.15, 0.2) is 0 Å². The van der Waals surface area contributed by atoms with Gasteiger partial charge in [-0.25, -0.2) is 0 Å². The van der Waals surface area contributed by atoms with E-state index in [4.69, 9.17) is 5.11 Å². The van der Waals surface area contributed by atoms with Crippen LogP contribution in [0.25, 0.3) is 0 Å². The highest BCUT2D eigenvalue weighted by atomic mass is 28.2. The Hall–Kier alpha value is 0.394. The van der Waals surface area contributed by atoms with Gasteiger partial charge in [-0.15, -0.1) is 0 Å². The van der Waals surface area contributed by atoms with E-state index in [0.29, 0.717) is 0 Å². The predicted molar refractivity (Wildman–Crippen MR) is 30.7 cm³/mol. The van der Waals surface area contributed by atoms with Gasteiger partial charge in [-0.2, -0.15) is 0 Å². The molecule has 0 aliphatic carbocycles. The van der Waals surface area contributed by atoms with Crippen LogP contribution in [0.2, 0.25) is 6.04 Å². The van der Waals surface area contributed by atoms with Crippen molar-refractivity contribution in [3.8, 4) is 0 Å². The van der Waals surface area contributed by atoms with Gasteiger partial charge in [-0.05, 0) is 6.04 Å². The van der Waals surface area contributed by atoms with Crippen LogP contribution >= 0.6 is 0 Å². The summed E-state index contributed by atoms with van der Waals surface area (Å²) in [4.78, 5) is 0. The second-order valence-electron chi connectivity index (χ2n) is 1.26. The zero-order valence-corrected chi connectivity index (χ0v) is 7.73. The SMILES string of the molecule is OC([SiH3])C[SiH3]. The molecular weight excluding hydrogens is 96.2 g/mol. The van der Waals surface area contributed by atoms with Crippen LogP contribution in [-0.2, 0) is 0 Å². The molecule has 0 saturated carbocycles. The minimum absolute atomic E-state index is 0.0849. The number of hydrogen-bond donors (Lipinski definition) is 1. The van der Waals surface area contributed by atoms with Crippen LogP contribution in [0.3, 0.4) is 0 Å². The van der Waals surface area contributed by atoms with Gasteiger partial charge in [0.05, 0.1) is 0 Å². The molecule has 0 bridgehead atoms. The molecule has 32 valence electrons. The van der Waals surface area contributed by atoms with Crippen LogP contribution in [0.1, 0.15) is 0 Å². The van der Waals surface area contributed by atoms with Crippen LogP contribution < -0.4 is 0 Å². The van der Waals surface area contributed by atoms with E-state index in [-0.39, 0.29) is 5.73 Å². The van der Waals surface area contributed by atoms with Crippen molar-refractivity contribution in [1.29, 1.82) is 0 Å². The van der Waals surface area contributed by atoms with E-state index in [1.54, 1.807) is 0 Å². The van der Waals surface area contributed by atoms with Crippen molar-refractivity contribution < 1.29 is 5.11 Å². The highest BCUT2D eigenvalue weighted by Gasteiger charge is 1.82. The zero-order chi connectivity index (χ0) is 4.28. The normalized spacial score (nSPS) is 16.2. The molecule has 1 N–H and O–H groups in total. The van der Waals surface area contributed by atoms with Gasteiger partial charge >= 0.3 is 0 Å². The van der Waals surface area contributed by atoms with Gasteiger partial charge in [-0.1, -0.05) is 0 Å². The molecule has 0 amide bonds. The minimum atomic E-state index is 0.0849. The Morgan fingerprint density at radius 3 is 2.00 bits per heavy atom. The highest BCUT2D eigenvalue weighted by molar-refractivity contribution is 6.18. The molecule has 0 radical (unpaired) electrons. The molecule has 1 nitrogen and oxygen atoms in total. The smallest absolute Gasteiger partial charge is 0.0384 e. The predicted octanol–water partition coefficient (Wildman–Crippen LogP) is -2.55. The van der Waals surface area contributed by atoms with Crippen molar-refractivity contribution in [3.63, 3.8) is 0 Å². The Kier molecular flexibility index (Phi) is 2.83. The van der Waals surface area contributed by atoms with Crippen LogP contribution in [0.4, 0.5) is 0 Å². The average molecular weight is 106 g/mol. The monoisotopic (exact) mass is 106 g/mol. The van der Waals surface area contributed by atoms with Crippen molar-refractivity contribution in [2.45, 2.75) is 11.8 Å². The fraction of sp³-hybridized carbons (Fsp3) is 1.00. The maximum atomic E-state index is 8.46. The van der Waals surface area contributed by atoms with Gasteiger partial charge < -0.3 is 5.11 Å². The first kappa shape index (κ1) is 5.39. The van der Waals surface area contributed by atoms with E-state index in [0.717, 1.165) is 26.5 Å². The van der Waals surface area contributed by atoms with Crippen molar-refractivity contribution in [2.24, 2.45) is 0 Å². The molecule has 1 atom stereocenters. The maximum Gasteiger partial charge on any atom is 0.0384 e. The highest BCUT2D eigenvalue weighted by Crippen LogP contribution is 1.73. The van der Waals surface area contributed by atoms with Gasteiger partial charge in [-0.3, -0.25) is 0 Å². The summed E-state index contributed by atoms with van der Waals surface area (Å²) < 4.78 is 0. The summed E-state index contributed by atoms with van der Waals surface area (Å²) in [6, 6.07) is 1.06. The molecule has 0 saturated heterocycles. The second-order valence-corrected chi connectivity index (χ2v) is 3.41. The van der Waals surface area contributed by atoms with Gasteiger partial charge in [0.1, 0.15) is 0 Å². The lowest BCUT2D eigenvalue weighted by Crippen LogP contribution is -2.01. The Balaban J connectivity index is 2.54. The number of aliphatic hydroxyl groups is 1. The summed E-state index contributed by atoms with van der Waals surface area (Å²) in [6.07, 6.45) is 0. The first-order valence-corrected chi connectivity index (χ1v) is 4.52. The topological polar surface area (TPSA) is 20.2 Å². The number of aliphatic hydroxyl groups excluding tert-OH is 1. The lowest BCUT2D eigenvalue weighted by molar-refractivity contribution is 0.276. The number of rotatable bonds is 1. The zero-order valence-electron chi connectivity index (χ0n) is 3.73. The summed E-state index contributed by atoms with van der Waals surface area (Å²) in [5.74, 6) is 0.